The molecule has 0 radical (unpaired) electrons. The number of benzene rings is 1. The monoisotopic (exact) mass is 324 g/mol. The zero-order valence-corrected chi connectivity index (χ0v) is 12.2. The predicted octanol–water partition coefficient (Wildman–Crippen LogP) is -0.985. The highest BCUT2D eigenvalue weighted by atomic mass is 32.2. The van der Waals surface area contributed by atoms with E-state index < -0.39 is 20.2 Å². The molecule has 0 spiro atoms. The first-order chi connectivity index (χ1) is 9.33. The fourth-order valence-electron chi connectivity index (χ4n) is 1.24. The van der Waals surface area contributed by atoms with Gasteiger partial charge < -0.3 is 11.5 Å². The maximum Gasteiger partial charge on any atom is 0.297 e. The lowest BCUT2D eigenvalue weighted by atomic mass is 10.4. The Morgan fingerprint density at radius 3 is 1.60 bits per heavy atom. The quantitative estimate of drug-likeness (QED) is 0.581. The summed E-state index contributed by atoms with van der Waals surface area (Å²) in [5, 5.41) is 0. The molecule has 10 heteroatoms. The van der Waals surface area contributed by atoms with Crippen molar-refractivity contribution < 1.29 is 25.2 Å². The topological polar surface area (TPSA) is 139 Å². The van der Waals surface area contributed by atoms with Crippen LogP contribution in [-0.4, -0.2) is 43.1 Å². The van der Waals surface area contributed by atoms with Crippen LogP contribution < -0.4 is 11.5 Å². The molecule has 0 unspecified atom stereocenters. The first kappa shape index (κ1) is 17.0. The van der Waals surface area contributed by atoms with Gasteiger partial charge in [0.15, 0.2) is 0 Å². The molecule has 0 saturated heterocycles. The summed E-state index contributed by atoms with van der Waals surface area (Å²) in [5.41, 5.74) is 10.3. The zero-order chi connectivity index (χ0) is 15.2. The van der Waals surface area contributed by atoms with Crippen molar-refractivity contribution in [1.82, 2.24) is 0 Å². The summed E-state index contributed by atoms with van der Waals surface area (Å²) in [6.07, 6.45) is 0. The van der Waals surface area contributed by atoms with E-state index in [0.29, 0.717) is 0 Å². The van der Waals surface area contributed by atoms with Crippen LogP contribution >= 0.6 is 0 Å². The number of rotatable bonds is 8. The molecule has 1 aromatic rings. The van der Waals surface area contributed by atoms with Gasteiger partial charge in [-0.05, 0) is 18.2 Å². The molecular formula is C10H16N2O6S2. The summed E-state index contributed by atoms with van der Waals surface area (Å²) < 4.78 is 56.2. The van der Waals surface area contributed by atoms with Crippen molar-refractivity contribution in [3.05, 3.63) is 24.3 Å². The first-order valence-electron chi connectivity index (χ1n) is 5.62. The first-order valence-corrected chi connectivity index (χ1v) is 8.44. The second-order valence-corrected chi connectivity index (χ2v) is 6.84. The van der Waals surface area contributed by atoms with Crippen LogP contribution in [0.2, 0.25) is 0 Å². The Labute approximate surface area is 117 Å². The van der Waals surface area contributed by atoms with Crippen molar-refractivity contribution >= 4 is 20.2 Å². The van der Waals surface area contributed by atoms with E-state index in [9.17, 15) is 16.8 Å². The highest BCUT2D eigenvalue weighted by Gasteiger charge is 2.20. The number of hydrogen-bond donors (Lipinski definition) is 2. The fourth-order valence-corrected chi connectivity index (χ4v) is 3.25. The minimum absolute atomic E-state index is 0.0246. The second-order valence-electron chi connectivity index (χ2n) is 3.60. The van der Waals surface area contributed by atoms with Crippen molar-refractivity contribution in [1.29, 1.82) is 0 Å². The highest BCUT2D eigenvalue weighted by Crippen LogP contribution is 2.19. The van der Waals surface area contributed by atoms with E-state index in [1.807, 2.05) is 0 Å². The lowest BCUT2D eigenvalue weighted by Crippen LogP contribution is -2.16. The molecule has 0 fully saturated rings. The minimum atomic E-state index is -4.05. The molecule has 0 atom stereocenters. The maximum atomic E-state index is 11.8. The normalized spacial score (nSPS) is 12.5. The zero-order valence-electron chi connectivity index (χ0n) is 10.6. The van der Waals surface area contributed by atoms with Crippen molar-refractivity contribution in [2.75, 3.05) is 26.3 Å². The van der Waals surface area contributed by atoms with Crippen LogP contribution in [0.25, 0.3) is 0 Å². The predicted molar refractivity (Wildman–Crippen MR) is 70.8 cm³/mol. The molecule has 4 N–H and O–H groups in total. The van der Waals surface area contributed by atoms with Crippen LogP contribution in [0, 0.1) is 0 Å². The van der Waals surface area contributed by atoms with Crippen molar-refractivity contribution in [3.63, 3.8) is 0 Å². The SMILES string of the molecule is NCCOS(=O)(=O)c1cccc(S(=O)(=O)OCCN)c1. The minimum Gasteiger partial charge on any atom is -0.328 e. The van der Waals surface area contributed by atoms with E-state index in [1.165, 1.54) is 18.2 Å². The maximum absolute atomic E-state index is 11.8. The Morgan fingerprint density at radius 1 is 0.850 bits per heavy atom. The van der Waals surface area contributed by atoms with Crippen LogP contribution in [0.3, 0.4) is 0 Å². The Balaban J connectivity index is 3.08. The van der Waals surface area contributed by atoms with Crippen LogP contribution in [0.4, 0.5) is 0 Å². The van der Waals surface area contributed by atoms with Gasteiger partial charge in [-0.15, -0.1) is 0 Å². The third-order valence-corrected chi connectivity index (χ3v) is 4.71. The Bertz CT molecular complexity index is 588. The smallest absolute Gasteiger partial charge is 0.297 e. The highest BCUT2D eigenvalue weighted by molar-refractivity contribution is 7.87. The van der Waals surface area contributed by atoms with Gasteiger partial charge in [0.25, 0.3) is 20.2 Å². The molecule has 114 valence electrons. The summed E-state index contributed by atoms with van der Waals surface area (Å²) in [6, 6.07) is 4.66. The molecule has 8 nitrogen and oxygen atoms in total. The van der Waals surface area contributed by atoms with Gasteiger partial charge in [-0.2, -0.15) is 16.8 Å². The molecule has 0 aliphatic carbocycles. The molecule has 0 amide bonds. The van der Waals surface area contributed by atoms with Gasteiger partial charge in [0.05, 0.1) is 23.0 Å². The summed E-state index contributed by atoms with van der Waals surface area (Å²) in [6.45, 7) is -0.334. The van der Waals surface area contributed by atoms with Gasteiger partial charge in [0.2, 0.25) is 0 Å². The van der Waals surface area contributed by atoms with E-state index in [4.69, 9.17) is 11.5 Å². The van der Waals surface area contributed by atoms with Crippen LogP contribution in [0.5, 0.6) is 0 Å². The van der Waals surface area contributed by atoms with E-state index >= 15 is 0 Å². The largest absolute Gasteiger partial charge is 0.328 e. The molecule has 0 heterocycles. The summed E-state index contributed by atoms with van der Waals surface area (Å²) >= 11 is 0. The molecule has 0 aliphatic heterocycles. The standard InChI is InChI=1S/C10H16N2O6S2/c11-4-6-17-19(13,14)9-2-1-3-10(8-9)20(15,16)18-7-5-12/h1-3,8H,4-7,11-12H2. The molecule has 0 aliphatic rings. The Morgan fingerprint density at radius 2 is 1.25 bits per heavy atom. The fraction of sp³-hybridized carbons (Fsp3) is 0.400. The van der Waals surface area contributed by atoms with Gasteiger partial charge in [-0.25, -0.2) is 0 Å². The summed E-state index contributed by atoms with van der Waals surface area (Å²) in [5.74, 6) is 0. The molecule has 20 heavy (non-hydrogen) atoms. The lowest BCUT2D eigenvalue weighted by Gasteiger charge is -2.07. The van der Waals surface area contributed by atoms with Gasteiger partial charge in [-0.1, -0.05) is 6.07 Å². The third-order valence-electron chi connectivity index (χ3n) is 2.10. The number of nitrogens with two attached hydrogens (primary N) is 2. The summed E-state index contributed by atoms with van der Waals surface area (Å²) in [7, 11) is -8.10. The van der Waals surface area contributed by atoms with Crippen LogP contribution in [0.15, 0.2) is 34.1 Å². The lowest BCUT2D eigenvalue weighted by molar-refractivity contribution is 0.326. The van der Waals surface area contributed by atoms with Gasteiger partial charge in [0.1, 0.15) is 0 Å². The average Bonchev–Trinajstić information content (AvgIpc) is 2.43. The van der Waals surface area contributed by atoms with Gasteiger partial charge >= 0.3 is 0 Å². The molecule has 0 aromatic heterocycles. The Hall–Kier alpha value is -1.04. The van der Waals surface area contributed by atoms with E-state index in [0.717, 1.165) is 6.07 Å². The van der Waals surface area contributed by atoms with Crippen molar-refractivity contribution in [2.24, 2.45) is 11.5 Å². The average molecular weight is 324 g/mol. The molecule has 0 bridgehead atoms. The molecular weight excluding hydrogens is 308 g/mol. The molecule has 0 saturated carbocycles. The molecule has 1 rings (SSSR count). The van der Waals surface area contributed by atoms with Crippen molar-refractivity contribution in [2.45, 2.75) is 9.79 Å². The van der Waals surface area contributed by atoms with Crippen molar-refractivity contribution in [3.8, 4) is 0 Å². The van der Waals surface area contributed by atoms with E-state index in [2.05, 4.69) is 8.37 Å². The third kappa shape index (κ3) is 4.51. The summed E-state index contributed by atoms with van der Waals surface area (Å²) in [4.78, 5) is -0.577. The van der Waals surface area contributed by atoms with E-state index in [-0.39, 0.29) is 36.1 Å². The van der Waals surface area contributed by atoms with Gasteiger partial charge in [-0.3, -0.25) is 8.37 Å². The molecule has 1 aromatic carbocycles. The second kappa shape index (κ2) is 7.11. The number of hydrogen-bond acceptors (Lipinski definition) is 8. The Kier molecular flexibility index (Phi) is 6.05. The van der Waals surface area contributed by atoms with Crippen LogP contribution in [-0.2, 0) is 28.6 Å². The van der Waals surface area contributed by atoms with E-state index in [1.54, 1.807) is 0 Å². The van der Waals surface area contributed by atoms with Crippen LogP contribution in [0.1, 0.15) is 0 Å². The van der Waals surface area contributed by atoms with Gasteiger partial charge in [0, 0.05) is 13.1 Å².